The third-order valence-corrected chi connectivity index (χ3v) is 4.35. The lowest BCUT2D eigenvalue weighted by Crippen LogP contribution is -2.07. The Morgan fingerprint density at radius 3 is 2.60 bits per heavy atom. The van der Waals surface area contributed by atoms with Crippen molar-refractivity contribution < 1.29 is 14.3 Å². The quantitative estimate of drug-likeness (QED) is 0.537. The third kappa shape index (κ3) is 5.44. The summed E-state index contributed by atoms with van der Waals surface area (Å²) in [5.74, 6) is 0.810. The van der Waals surface area contributed by atoms with E-state index >= 15 is 0 Å². The zero-order valence-electron chi connectivity index (χ0n) is 14.3. The first-order chi connectivity index (χ1) is 12.1. The summed E-state index contributed by atoms with van der Waals surface area (Å²) in [6, 6.07) is 11.2. The van der Waals surface area contributed by atoms with Crippen LogP contribution in [0.1, 0.15) is 12.5 Å². The van der Waals surface area contributed by atoms with Gasteiger partial charge in [0, 0.05) is 16.7 Å². The molecule has 0 spiro atoms. The minimum Gasteiger partial charge on any atom is -0.493 e. The van der Waals surface area contributed by atoms with E-state index in [1.807, 2.05) is 37.4 Å². The van der Waals surface area contributed by atoms with E-state index in [0.717, 1.165) is 16.1 Å². The van der Waals surface area contributed by atoms with Crippen molar-refractivity contribution in [2.24, 2.45) is 0 Å². The van der Waals surface area contributed by atoms with Gasteiger partial charge in [0.2, 0.25) is 5.91 Å². The molecule has 0 fully saturated rings. The standard InChI is InChI=1S/C19H20ClNO3S/c1-4-24-19-16(20)11-13(12-17(19)23-2)5-10-18(22)21-14-6-8-15(25-3)9-7-14/h5-12H,4H2,1-3H3,(H,21,22)/b10-5+. The number of amides is 1. The highest BCUT2D eigenvalue weighted by Crippen LogP contribution is 2.36. The minimum absolute atomic E-state index is 0.221. The number of nitrogens with one attached hydrogen (secondary N) is 1. The average molecular weight is 378 g/mol. The van der Waals surface area contributed by atoms with Crippen molar-refractivity contribution in [2.75, 3.05) is 25.3 Å². The molecule has 0 aliphatic heterocycles. The summed E-state index contributed by atoms with van der Waals surface area (Å²) in [6.45, 7) is 2.36. The predicted octanol–water partition coefficient (Wildman–Crippen LogP) is 5.12. The van der Waals surface area contributed by atoms with E-state index in [1.54, 1.807) is 37.1 Å². The molecule has 132 valence electrons. The molecule has 2 aromatic rings. The van der Waals surface area contributed by atoms with Gasteiger partial charge in [-0.25, -0.2) is 0 Å². The molecule has 6 heteroatoms. The maximum Gasteiger partial charge on any atom is 0.248 e. The molecule has 0 unspecified atom stereocenters. The molecule has 0 aliphatic rings. The molecule has 1 N–H and O–H groups in total. The number of methoxy groups -OCH3 is 1. The summed E-state index contributed by atoms with van der Waals surface area (Å²) in [5.41, 5.74) is 1.49. The van der Waals surface area contributed by atoms with Gasteiger partial charge in [-0.15, -0.1) is 11.8 Å². The number of rotatable bonds is 7. The average Bonchev–Trinajstić information content (AvgIpc) is 2.62. The van der Waals surface area contributed by atoms with Crippen molar-refractivity contribution in [3.05, 3.63) is 53.1 Å². The first-order valence-corrected chi connectivity index (χ1v) is 9.31. The number of carbonyl (C=O) groups is 1. The molecule has 0 aromatic heterocycles. The van der Waals surface area contributed by atoms with Crippen molar-refractivity contribution in [3.63, 3.8) is 0 Å². The van der Waals surface area contributed by atoms with Crippen LogP contribution in [-0.4, -0.2) is 25.9 Å². The van der Waals surface area contributed by atoms with Gasteiger partial charge in [-0.05, 0) is 61.2 Å². The molecule has 0 atom stereocenters. The van der Waals surface area contributed by atoms with Gasteiger partial charge in [-0.2, -0.15) is 0 Å². The Balaban J connectivity index is 2.09. The van der Waals surface area contributed by atoms with E-state index < -0.39 is 0 Å². The number of hydrogen-bond donors (Lipinski definition) is 1. The molecule has 2 rings (SSSR count). The number of thioether (sulfide) groups is 1. The van der Waals surface area contributed by atoms with Crippen LogP contribution in [-0.2, 0) is 4.79 Å². The van der Waals surface area contributed by atoms with Gasteiger partial charge in [-0.3, -0.25) is 4.79 Å². The summed E-state index contributed by atoms with van der Waals surface area (Å²) in [7, 11) is 1.55. The summed E-state index contributed by atoms with van der Waals surface area (Å²) in [6.07, 6.45) is 5.14. The highest BCUT2D eigenvalue weighted by Gasteiger charge is 2.10. The Labute approximate surface area is 157 Å². The number of ether oxygens (including phenoxy) is 2. The van der Waals surface area contributed by atoms with Crippen LogP contribution < -0.4 is 14.8 Å². The lowest BCUT2D eigenvalue weighted by atomic mass is 10.2. The van der Waals surface area contributed by atoms with Crippen molar-refractivity contribution in [1.29, 1.82) is 0 Å². The highest BCUT2D eigenvalue weighted by atomic mass is 35.5. The van der Waals surface area contributed by atoms with Gasteiger partial charge >= 0.3 is 0 Å². The molecule has 0 heterocycles. The SMILES string of the molecule is CCOc1c(Cl)cc(/C=C/C(=O)Nc2ccc(SC)cc2)cc1OC. The molecule has 0 saturated carbocycles. The number of hydrogen-bond acceptors (Lipinski definition) is 4. The van der Waals surface area contributed by atoms with E-state index in [1.165, 1.54) is 6.08 Å². The van der Waals surface area contributed by atoms with Crippen molar-refractivity contribution in [2.45, 2.75) is 11.8 Å². The number of anilines is 1. The maximum atomic E-state index is 12.1. The summed E-state index contributed by atoms with van der Waals surface area (Å²) < 4.78 is 10.8. The molecule has 1 amide bonds. The number of carbonyl (C=O) groups excluding carboxylic acids is 1. The van der Waals surface area contributed by atoms with Gasteiger partial charge < -0.3 is 14.8 Å². The van der Waals surface area contributed by atoms with Crippen molar-refractivity contribution in [3.8, 4) is 11.5 Å². The van der Waals surface area contributed by atoms with Crippen LogP contribution in [0.5, 0.6) is 11.5 Å². The second-order valence-electron chi connectivity index (χ2n) is 5.02. The van der Waals surface area contributed by atoms with Crippen LogP contribution >= 0.6 is 23.4 Å². The van der Waals surface area contributed by atoms with Gasteiger partial charge in [0.25, 0.3) is 0 Å². The molecule has 0 saturated heterocycles. The number of halogens is 1. The van der Waals surface area contributed by atoms with E-state index in [9.17, 15) is 4.79 Å². The fourth-order valence-electron chi connectivity index (χ4n) is 2.15. The Kier molecular flexibility index (Phi) is 7.22. The van der Waals surface area contributed by atoms with Crippen molar-refractivity contribution >= 4 is 41.0 Å². The Morgan fingerprint density at radius 2 is 2.00 bits per heavy atom. The van der Waals surface area contributed by atoms with Crippen molar-refractivity contribution in [1.82, 2.24) is 0 Å². The van der Waals surface area contributed by atoms with Crippen LogP contribution in [0.15, 0.2) is 47.4 Å². The zero-order chi connectivity index (χ0) is 18.2. The second-order valence-corrected chi connectivity index (χ2v) is 6.31. The summed E-state index contributed by atoms with van der Waals surface area (Å²) in [5, 5.41) is 3.25. The molecule has 0 aliphatic carbocycles. The van der Waals surface area contributed by atoms with Crippen LogP contribution in [0.4, 0.5) is 5.69 Å². The molecule has 25 heavy (non-hydrogen) atoms. The minimum atomic E-state index is -0.221. The van der Waals surface area contributed by atoms with E-state index in [0.29, 0.717) is 23.1 Å². The van der Waals surface area contributed by atoms with Gasteiger partial charge in [-0.1, -0.05) is 11.6 Å². The summed E-state index contributed by atoms with van der Waals surface area (Å²) >= 11 is 7.88. The zero-order valence-corrected chi connectivity index (χ0v) is 15.9. The fourth-order valence-corrected chi connectivity index (χ4v) is 2.83. The molecule has 0 radical (unpaired) electrons. The first kappa shape index (κ1) is 19.2. The maximum absolute atomic E-state index is 12.1. The molecule has 4 nitrogen and oxygen atoms in total. The van der Waals surface area contributed by atoms with E-state index in [2.05, 4.69) is 5.32 Å². The molecule has 0 bridgehead atoms. The van der Waals surface area contributed by atoms with Crippen LogP contribution in [0.3, 0.4) is 0 Å². The van der Waals surface area contributed by atoms with Crippen LogP contribution in [0, 0.1) is 0 Å². The van der Waals surface area contributed by atoms with E-state index in [-0.39, 0.29) is 5.91 Å². The molecular weight excluding hydrogens is 358 g/mol. The predicted molar refractivity (Wildman–Crippen MR) is 105 cm³/mol. The third-order valence-electron chi connectivity index (χ3n) is 3.33. The fraction of sp³-hybridized carbons (Fsp3) is 0.211. The van der Waals surface area contributed by atoms with Gasteiger partial charge in [0.15, 0.2) is 11.5 Å². The highest BCUT2D eigenvalue weighted by molar-refractivity contribution is 7.98. The second kappa shape index (κ2) is 9.39. The largest absolute Gasteiger partial charge is 0.493 e. The van der Waals surface area contributed by atoms with Gasteiger partial charge in [0.1, 0.15) is 0 Å². The van der Waals surface area contributed by atoms with E-state index in [4.69, 9.17) is 21.1 Å². The number of benzene rings is 2. The normalized spacial score (nSPS) is 10.7. The molecular formula is C19H20ClNO3S. The lowest BCUT2D eigenvalue weighted by molar-refractivity contribution is -0.111. The van der Waals surface area contributed by atoms with Crippen LogP contribution in [0.25, 0.3) is 6.08 Å². The first-order valence-electron chi connectivity index (χ1n) is 7.70. The Hall–Kier alpha value is -2.11. The topological polar surface area (TPSA) is 47.6 Å². The van der Waals surface area contributed by atoms with Gasteiger partial charge in [0.05, 0.1) is 18.7 Å². The Bertz CT molecular complexity index is 760. The Morgan fingerprint density at radius 1 is 1.28 bits per heavy atom. The van der Waals surface area contributed by atoms with Crippen LogP contribution in [0.2, 0.25) is 5.02 Å². The molecule has 2 aromatic carbocycles. The lowest BCUT2D eigenvalue weighted by Gasteiger charge is -2.11. The summed E-state index contributed by atoms with van der Waals surface area (Å²) in [4.78, 5) is 13.2. The smallest absolute Gasteiger partial charge is 0.248 e. The monoisotopic (exact) mass is 377 g/mol.